The van der Waals surface area contributed by atoms with Crippen molar-refractivity contribution in [2.45, 2.75) is 25.6 Å². The lowest BCUT2D eigenvalue weighted by atomic mass is 10.1. The molecule has 1 aromatic carbocycles. The molecule has 1 aliphatic rings. The minimum Gasteiger partial charge on any atom is -0.446 e. The Bertz CT molecular complexity index is 479. The van der Waals surface area contributed by atoms with Crippen molar-refractivity contribution >= 4 is 23.4 Å². The minimum atomic E-state index is -0.537. The Balaban J connectivity index is 1.79. The Kier molecular flexibility index (Phi) is 4.86. The van der Waals surface area contributed by atoms with E-state index in [2.05, 4.69) is 10.6 Å². The molecule has 5 nitrogen and oxygen atoms in total. The van der Waals surface area contributed by atoms with Crippen LogP contribution in [0.15, 0.2) is 24.3 Å². The molecule has 1 saturated heterocycles. The number of morpholine rings is 1. The Morgan fingerprint density at radius 3 is 3.00 bits per heavy atom. The maximum Gasteiger partial charge on any atom is 0.411 e. The highest BCUT2D eigenvalue weighted by Gasteiger charge is 2.28. The van der Waals surface area contributed by atoms with Gasteiger partial charge < -0.3 is 14.8 Å². The van der Waals surface area contributed by atoms with E-state index in [1.807, 2.05) is 13.8 Å². The molecule has 1 heterocycles. The van der Waals surface area contributed by atoms with Crippen molar-refractivity contribution in [2.75, 3.05) is 25.0 Å². The van der Waals surface area contributed by atoms with Gasteiger partial charge in [0.2, 0.25) is 0 Å². The summed E-state index contributed by atoms with van der Waals surface area (Å²) in [5.41, 5.74) is 0.285. The van der Waals surface area contributed by atoms with E-state index in [-0.39, 0.29) is 18.3 Å². The molecule has 1 aromatic rings. The van der Waals surface area contributed by atoms with Crippen molar-refractivity contribution < 1.29 is 14.3 Å². The molecule has 1 amide bonds. The highest BCUT2D eigenvalue weighted by molar-refractivity contribution is 6.33. The monoisotopic (exact) mass is 298 g/mol. The van der Waals surface area contributed by atoms with Gasteiger partial charge in [-0.15, -0.1) is 0 Å². The molecule has 0 radical (unpaired) electrons. The first-order valence-corrected chi connectivity index (χ1v) is 6.91. The molecular weight excluding hydrogens is 280 g/mol. The Labute approximate surface area is 123 Å². The van der Waals surface area contributed by atoms with Crippen molar-refractivity contribution in [3.8, 4) is 0 Å². The predicted octanol–water partition coefficient (Wildman–Crippen LogP) is 2.66. The van der Waals surface area contributed by atoms with Crippen molar-refractivity contribution in [1.82, 2.24) is 5.32 Å². The Morgan fingerprint density at radius 1 is 1.55 bits per heavy atom. The molecule has 20 heavy (non-hydrogen) atoms. The van der Waals surface area contributed by atoms with Crippen LogP contribution in [-0.2, 0) is 9.47 Å². The number of nitrogens with one attached hydrogen (secondary N) is 2. The predicted molar refractivity (Wildman–Crippen MR) is 78.2 cm³/mol. The zero-order valence-electron chi connectivity index (χ0n) is 11.6. The van der Waals surface area contributed by atoms with Crippen LogP contribution >= 0.6 is 11.6 Å². The highest BCUT2D eigenvalue weighted by atomic mass is 35.5. The topological polar surface area (TPSA) is 59.6 Å². The van der Waals surface area contributed by atoms with Crippen LogP contribution in [-0.4, -0.2) is 37.5 Å². The van der Waals surface area contributed by atoms with Gasteiger partial charge in [-0.2, -0.15) is 0 Å². The molecule has 1 fully saturated rings. The largest absolute Gasteiger partial charge is 0.446 e. The summed E-state index contributed by atoms with van der Waals surface area (Å²) in [5, 5.41) is 6.32. The Morgan fingerprint density at radius 2 is 2.30 bits per heavy atom. The molecule has 0 aliphatic carbocycles. The lowest BCUT2D eigenvalue weighted by Gasteiger charge is -2.36. The zero-order chi connectivity index (χ0) is 14.6. The quantitative estimate of drug-likeness (QED) is 0.901. The molecule has 1 aliphatic heterocycles. The van der Waals surface area contributed by atoms with Gasteiger partial charge in [0.1, 0.15) is 12.7 Å². The number of para-hydroxylation sites is 1. The summed E-state index contributed by atoms with van der Waals surface area (Å²) in [4.78, 5) is 11.7. The number of amides is 1. The van der Waals surface area contributed by atoms with Crippen LogP contribution in [0.4, 0.5) is 10.5 Å². The van der Waals surface area contributed by atoms with Gasteiger partial charge in [-0.3, -0.25) is 5.32 Å². The van der Waals surface area contributed by atoms with Gasteiger partial charge in [0.15, 0.2) is 0 Å². The van der Waals surface area contributed by atoms with E-state index in [4.69, 9.17) is 21.1 Å². The molecule has 2 N–H and O–H groups in total. The first kappa shape index (κ1) is 15.1. The molecule has 6 heteroatoms. The number of anilines is 1. The second kappa shape index (κ2) is 6.43. The summed E-state index contributed by atoms with van der Waals surface area (Å²) in [6.07, 6.45) is -0.680. The van der Waals surface area contributed by atoms with Crippen LogP contribution in [0.2, 0.25) is 5.02 Å². The van der Waals surface area contributed by atoms with E-state index in [1.165, 1.54) is 0 Å². The fraction of sp³-hybridized carbons (Fsp3) is 0.500. The summed E-state index contributed by atoms with van der Waals surface area (Å²) < 4.78 is 11.0. The second-order valence-electron chi connectivity index (χ2n) is 5.33. The van der Waals surface area contributed by atoms with Crippen molar-refractivity contribution in [1.29, 1.82) is 0 Å². The molecule has 0 aromatic heterocycles. The zero-order valence-corrected chi connectivity index (χ0v) is 12.4. The normalized spacial score (nSPS) is 21.2. The van der Waals surface area contributed by atoms with Gasteiger partial charge in [0.05, 0.1) is 16.3 Å². The second-order valence-corrected chi connectivity index (χ2v) is 5.74. The third kappa shape index (κ3) is 4.37. The number of benzene rings is 1. The van der Waals surface area contributed by atoms with Gasteiger partial charge in [0.25, 0.3) is 0 Å². The molecule has 1 unspecified atom stereocenters. The summed E-state index contributed by atoms with van der Waals surface area (Å²) >= 11 is 5.95. The van der Waals surface area contributed by atoms with Crippen LogP contribution in [0.1, 0.15) is 13.8 Å². The SMILES string of the molecule is CC1(C)CNCC(COC(=O)Nc2ccccc2Cl)O1. The number of hydrogen-bond acceptors (Lipinski definition) is 4. The standard InChI is InChI=1S/C14H19ClN2O3/c1-14(2)9-16-7-10(20-14)8-19-13(18)17-12-6-4-3-5-11(12)15/h3-6,10,16H,7-9H2,1-2H3,(H,17,18). The van der Waals surface area contributed by atoms with E-state index in [0.717, 1.165) is 6.54 Å². The van der Waals surface area contributed by atoms with Crippen LogP contribution in [0.5, 0.6) is 0 Å². The summed E-state index contributed by atoms with van der Waals surface area (Å²) in [6, 6.07) is 7.00. The lowest BCUT2D eigenvalue weighted by Crippen LogP contribution is -2.52. The molecule has 0 spiro atoms. The fourth-order valence-electron chi connectivity index (χ4n) is 2.04. The van der Waals surface area contributed by atoms with E-state index in [1.54, 1.807) is 24.3 Å². The van der Waals surface area contributed by atoms with E-state index >= 15 is 0 Å². The number of carbonyl (C=O) groups excluding carboxylic acids is 1. The maximum absolute atomic E-state index is 11.7. The fourth-order valence-corrected chi connectivity index (χ4v) is 2.22. The number of halogens is 1. The molecule has 0 bridgehead atoms. The van der Waals surface area contributed by atoms with Crippen molar-refractivity contribution in [2.24, 2.45) is 0 Å². The average Bonchev–Trinajstić information content (AvgIpc) is 2.38. The smallest absolute Gasteiger partial charge is 0.411 e. The number of rotatable bonds is 3. The summed E-state index contributed by atoms with van der Waals surface area (Å²) in [7, 11) is 0. The molecular formula is C14H19ClN2O3. The van der Waals surface area contributed by atoms with Crippen LogP contribution in [0.3, 0.4) is 0 Å². The summed E-state index contributed by atoms with van der Waals surface area (Å²) in [5.74, 6) is 0. The third-order valence-electron chi connectivity index (χ3n) is 2.92. The van der Waals surface area contributed by atoms with Gasteiger partial charge >= 0.3 is 6.09 Å². The van der Waals surface area contributed by atoms with Gasteiger partial charge in [-0.1, -0.05) is 23.7 Å². The first-order valence-electron chi connectivity index (χ1n) is 6.53. The van der Waals surface area contributed by atoms with Crippen LogP contribution in [0, 0.1) is 0 Å². The minimum absolute atomic E-state index is 0.143. The molecule has 2 rings (SSSR count). The van der Waals surface area contributed by atoms with Gasteiger partial charge in [-0.25, -0.2) is 4.79 Å². The highest BCUT2D eigenvalue weighted by Crippen LogP contribution is 2.20. The number of ether oxygens (including phenoxy) is 2. The molecule has 110 valence electrons. The van der Waals surface area contributed by atoms with Gasteiger partial charge in [-0.05, 0) is 26.0 Å². The van der Waals surface area contributed by atoms with Crippen LogP contribution in [0.25, 0.3) is 0 Å². The van der Waals surface area contributed by atoms with E-state index in [9.17, 15) is 4.79 Å². The summed E-state index contributed by atoms with van der Waals surface area (Å²) in [6.45, 7) is 5.65. The van der Waals surface area contributed by atoms with Crippen LogP contribution < -0.4 is 10.6 Å². The average molecular weight is 299 g/mol. The van der Waals surface area contributed by atoms with Gasteiger partial charge in [0, 0.05) is 13.1 Å². The maximum atomic E-state index is 11.7. The molecule has 1 atom stereocenters. The number of carbonyl (C=O) groups is 1. The third-order valence-corrected chi connectivity index (χ3v) is 3.25. The Hall–Kier alpha value is -1.30. The first-order chi connectivity index (χ1) is 9.46. The number of hydrogen-bond donors (Lipinski definition) is 2. The van der Waals surface area contributed by atoms with Crippen molar-refractivity contribution in [3.63, 3.8) is 0 Å². The van der Waals surface area contributed by atoms with E-state index < -0.39 is 6.09 Å². The van der Waals surface area contributed by atoms with Crippen molar-refractivity contribution in [3.05, 3.63) is 29.3 Å². The van der Waals surface area contributed by atoms with E-state index in [0.29, 0.717) is 17.3 Å². The lowest BCUT2D eigenvalue weighted by molar-refractivity contribution is -0.110. The molecule has 0 saturated carbocycles.